The van der Waals surface area contributed by atoms with Gasteiger partial charge in [-0.05, 0) is 29.2 Å². The van der Waals surface area contributed by atoms with Gasteiger partial charge in [0.05, 0.1) is 5.51 Å². The van der Waals surface area contributed by atoms with Gasteiger partial charge < -0.3 is 10.2 Å². The maximum atomic E-state index is 11.9. The zero-order valence-electron chi connectivity index (χ0n) is 13.8. The van der Waals surface area contributed by atoms with Crippen LogP contribution in [0, 0.1) is 0 Å². The Morgan fingerprint density at radius 1 is 1.12 bits per heavy atom. The molecule has 0 unspecified atom stereocenters. The van der Waals surface area contributed by atoms with Crippen LogP contribution in [0.25, 0.3) is 0 Å². The van der Waals surface area contributed by atoms with E-state index in [2.05, 4.69) is 63.7 Å². The van der Waals surface area contributed by atoms with Gasteiger partial charge >= 0.3 is 0 Å². The molecule has 0 saturated heterocycles. The minimum absolute atomic E-state index is 0.126. The van der Waals surface area contributed by atoms with Gasteiger partial charge in [0, 0.05) is 30.7 Å². The molecule has 1 aromatic heterocycles. The third-order valence-electron chi connectivity index (χ3n) is 4.50. The predicted octanol–water partition coefficient (Wildman–Crippen LogP) is 3.64. The molecule has 1 aliphatic rings. The molecule has 4 rings (SSSR count). The van der Waals surface area contributed by atoms with Gasteiger partial charge in [-0.25, -0.2) is 4.98 Å². The molecule has 1 amide bonds. The average molecular weight is 349 g/mol. The van der Waals surface area contributed by atoms with Crippen molar-refractivity contribution < 1.29 is 4.79 Å². The number of thiazole rings is 1. The standard InChI is InChI=1S/C20H19N3OS/c24-20(18-13-25-14-22-18)21-11-15-5-7-16(8-6-15)12-23-10-9-17-3-1-2-4-19(17)23/h1-8,13-14H,9-12H2,(H,21,24). The van der Waals surface area contributed by atoms with E-state index in [1.165, 1.54) is 28.2 Å². The monoisotopic (exact) mass is 349 g/mol. The second kappa shape index (κ2) is 7.07. The summed E-state index contributed by atoms with van der Waals surface area (Å²) >= 11 is 1.43. The van der Waals surface area contributed by atoms with Crippen molar-refractivity contribution in [2.24, 2.45) is 0 Å². The van der Waals surface area contributed by atoms with Crippen LogP contribution in [0.2, 0.25) is 0 Å². The molecule has 5 heteroatoms. The van der Waals surface area contributed by atoms with Crippen LogP contribution >= 0.6 is 11.3 Å². The molecular weight excluding hydrogens is 330 g/mol. The molecular formula is C20H19N3OS. The van der Waals surface area contributed by atoms with Crippen molar-refractivity contribution in [3.63, 3.8) is 0 Å². The van der Waals surface area contributed by atoms with Crippen LogP contribution in [0.3, 0.4) is 0 Å². The predicted molar refractivity (Wildman–Crippen MR) is 101 cm³/mol. The molecule has 25 heavy (non-hydrogen) atoms. The van der Waals surface area contributed by atoms with Gasteiger partial charge in [0.25, 0.3) is 5.91 Å². The van der Waals surface area contributed by atoms with Crippen LogP contribution in [0.4, 0.5) is 5.69 Å². The number of rotatable bonds is 5. The number of fused-ring (bicyclic) bond motifs is 1. The number of carbonyl (C=O) groups excluding carboxylic acids is 1. The highest BCUT2D eigenvalue weighted by atomic mass is 32.1. The molecule has 126 valence electrons. The quantitative estimate of drug-likeness (QED) is 0.765. The number of amides is 1. The SMILES string of the molecule is O=C(NCc1ccc(CN2CCc3ccccc32)cc1)c1cscn1. The summed E-state index contributed by atoms with van der Waals surface area (Å²) in [6, 6.07) is 17.1. The van der Waals surface area contributed by atoms with Crippen LogP contribution in [0.15, 0.2) is 59.4 Å². The average Bonchev–Trinajstić information content (AvgIpc) is 3.32. The van der Waals surface area contributed by atoms with Crippen LogP contribution in [0.5, 0.6) is 0 Å². The third-order valence-corrected chi connectivity index (χ3v) is 5.08. The third kappa shape index (κ3) is 3.56. The molecule has 0 spiro atoms. The molecule has 0 aliphatic carbocycles. The van der Waals surface area contributed by atoms with Crippen LogP contribution in [0.1, 0.15) is 27.2 Å². The van der Waals surface area contributed by atoms with E-state index in [-0.39, 0.29) is 5.91 Å². The summed E-state index contributed by atoms with van der Waals surface area (Å²) < 4.78 is 0. The Bertz CT molecular complexity index is 859. The number of hydrogen-bond acceptors (Lipinski definition) is 4. The smallest absolute Gasteiger partial charge is 0.271 e. The van der Waals surface area contributed by atoms with E-state index in [0.717, 1.165) is 25.1 Å². The Morgan fingerprint density at radius 2 is 1.92 bits per heavy atom. The van der Waals surface area contributed by atoms with Gasteiger partial charge in [0.15, 0.2) is 0 Å². The maximum Gasteiger partial charge on any atom is 0.271 e. The number of anilines is 1. The second-order valence-electron chi connectivity index (χ2n) is 6.17. The lowest BCUT2D eigenvalue weighted by Gasteiger charge is -2.19. The number of benzene rings is 2. The van der Waals surface area contributed by atoms with Gasteiger partial charge in [-0.15, -0.1) is 11.3 Å². The maximum absolute atomic E-state index is 11.9. The van der Waals surface area contributed by atoms with Gasteiger partial charge in [-0.1, -0.05) is 42.5 Å². The zero-order valence-corrected chi connectivity index (χ0v) is 14.6. The summed E-state index contributed by atoms with van der Waals surface area (Å²) in [6.45, 7) is 2.51. The van der Waals surface area contributed by atoms with Crippen molar-refractivity contribution >= 4 is 22.9 Å². The van der Waals surface area contributed by atoms with E-state index >= 15 is 0 Å². The molecule has 0 saturated carbocycles. The van der Waals surface area contributed by atoms with Gasteiger partial charge in [-0.3, -0.25) is 4.79 Å². The molecule has 4 nitrogen and oxygen atoms in total. The largest absolute Gasteiger partial charge is 0.367 e. The van der Waals surface area contributed by atoms with Gasteiger partial charge in [0.1, 0.15) is 5.69 Å². The van der Waals surface area contributed by atoms with Crippen molar-refractivity contribution in [2.45, 2.75) is 19.5 Å². The lowest BCUT2D eigenvalue weighted by molar-refractivity contribution is 0.0946. The number of hydrogen-bond donors (Lipinski definition) is 1. The molecule has 1 aliphatic heterocycles. The molecule has 0 radical (unpaired) electrons. The molecule has 2 aromatic carbocycles. The van der Waals surface area contributed by atoms with Crippen molar-refractivity contribution in [3.8, 4) is 0 Å². The topological polar surface area (TPSA) is 45.2 Å². The zero-order chi connectivity index (χ0) is 17.1. The van der Waals surface area contributed by atoms with Gasteiger partial charge in [0.2, 0.25) is 0 Å². The fourth-order valence-corrected chi connectivity index (χ4v) is 3.68. The second-order valence-corrected chi connectivity index (χ2v) is 6.89. The number of para-hydroxylation sites is 1. The number of carbonyl (C=O) groups is 1. The first-order valence-electron chi connectivity index (χ1n) is 8.37. The lowest BCUT2D eigenvalue weighted by Crippen LogP contribution is -2.23. The van der Waals surface area contributed by atoms with E-state index in [4.69, 9.17) is 0 Å². The van der Waals surface area contributed by atoms with Crippen molar-refractivity contribution in [2.75, 3.05) is 11.4 Å². The fourth-order valence-electron chi connectivity index (χ4n) is 3.15. The molecule has 3 aromatic rings. The molecule has 1 N–H and O–H groups in total. The Balaban J connectivity index is 1.35. The van der Waals surface area contributed by atoms with Crippen LogP contribution in [-0.4, -0.2) is 17.4 Å². The summed E-state index contributed by atoms with van der Waals surface area (Å²) in [7, 11) is 0. The summed E-state index contributed by atoms with van der Waals surface area (Å²) in [5.41, 5.74) is 7.31. The minimum Gasteiger partial charge on any atom is -0.367 e. The molecule has 0 fully saturated rings. The first-order valence-corrected chi connectivity index (χ1v) is 9.31. The highest BCUT2D eigenvalue weighted by Gasteiger charge is 2.18. The highest BCUT2D eigenvalue weighted by molar-refractivity contribution is 7.07. The van der Waals surface area contributed by atoms with E-state index in [1.54, 1.807) is 10.9 Å². The Hall–Kier alpha value is -2.66. The Labute approximate surface area is 151 Å². The number of nitrogens with one attached hydrogen (secondary N) is 1. The Morgan fingerprint density at radius 3 is 2.72 bits per heavy atom. The normalized spacial score (nSPS) is 12.9. The fraction of sp³-hybridized carbons (Fsp3) is 0.200. The summed E-state index contributed by atoms with van der Waals surface area (Å²) in [4.78, 5) is 18.4. The summed E-state index contributed by atoms with van der Waals surface area (Å²) in [5, 5.41) is 4.66. The van der Waals surface area contributed by atoms with E-state index in [9.17, 15) is 4.79 Å². The van der Waals surface area contributed by atoms with Crippen LogP contribution < -0.4 is 10.2 Å². The number of aromatic nitrogens is 1. The molecule has 0 atom stereocenters. The van der Waals surface area contributed by atoms with Crippen molar-refractivity contribution in [3.05, 3.63) is 81.8 Å². The van der Waals surface area contributed by atoms with E-state index < -0.39 is 0 Å². The molecule has 2 heterocycles. The minimum atomic E-state index is -0.126. The number of nitrogens with zero attached hydrogens (tertiary/aromatic N) is 2. The first kappa shape index (κ1) is 15.8. The molecule has 0 bridgehead atoms. The lowest BCUT2D eigenvalue weighted by atomic mass is 10.1. The van der Waals surface area contributed by atoms with Crippen molar-refractivity contribution in [1.82, 2.24) is 10.3 Å². The summed E-state index contributed by atoms with van der Waals surface area (Å²) in [5.74, 6) is -0.126. The summed E-state index contributed by atoms with van der Waals surface area (Å²) in [6.07, 6.45) is 1.12. The Kier molecular flexibility index (Phi) is 4.48. The van der Waals surface area contributed by atoms with Gasteiger partial charge in [-0.2, -0.15) is 0 Å². The first-order chi connectivity index (χ1) is 12.3. The van der Waals surface area contributed by atoms with Crippen LogP contribution in [-0.2, 0) is 19.5 Å². The van der Waals surface area contributed by atoms with E-state index in [1.807, 2.05) is 0 Å². The highest BCUT2D eigenvalue weighted by Crippen LogP contribution is 2.28. The van der Waals surface area contributed by atoms with E-state index in [0.29, 0.717) is 12.2 Å². The van der Waals surface area contributed by atoms with Crippen molar-refractivity contribution in [1.29, 1.82) is 0 Å².